The first-order valence-electron chi connectivity index (χ1n) is 13.4. The normalized spacial score (nSPS) is 13.6. The van der Waals surface area contributed by atoms with Gasteiger partial charge in [0.1, 0.15) is 11.5 Å². The van der Waals surface area contributed by atoms with Crippen molar-refractivity contribution in [1.82, 2.24) is 20.5 Å². The summed E-state index contributed by atoms with van der Waals surface area (Å²) in [4.78, 5) is 38.1. The summed E-state index contributed by atoms with van der Waals surface area (Å²) in [5.41, 5.74) is 5.22. The standard InChI is InChI=1S/C31H29FN6O3/c32-23-17-15-21(16-18-23)28-22(20-38(37-28)25-11-5-2-6-12-25)19-33-36-31(41)30(40)35-27-14-8-7-13-26(27)29(39)34-24-9-3-1-4-10-24/h2,5-8,11-20,24H,1,3-4,9-10H2,(H,34,39)(H,35,40)(H,36,41). The Morgan fingerprint density at radius 3 is 2.34 bits per heavy atom. The van der Waals surface area contributed by atoms with Gasteiger partial charge in [0.2, 0.25) is 0 Å². The van der Waals surface area contributed by atoms with E-state index in [9.17, 15) is 18.8 Å². The molecule has 3 amide bonds. The smallest absolute Gasteiger partial charge is 0.329 e. The molecule has 1 aliphatic rings. The number of hydrogen-bond acceptors (Lipinski definition) is 5. The predicted octanol–water partition coefficient (Wildman–Crippen LogP) is 4.83. The summed E-state index contributed by atoms with van der Waals surface area (Å²) in [6, 6.07) is 21.9. The molecule has 3 aromatic carbocycles. The van der Waals surface area contributed by atoms with Gasteiger partial charge in [-0.05, 0) is 61.4 Å². The lowest BCUT2D eigenvalue weighted by atomic mass is 9.95. The zero-order valence-electron chi connectivity index (χ0n) is 22.2. The molecular formula is C31H29FN6O3. The highest BCUT2D eigenvalue weighted by Gasteiger charge is 2.21. The van der Waals surface area contributed by atoms with Crippen LogP contribution in [0, 0.1) is 5.82 Å². The maximum absolute atomic E-state index is 13.5. The highest BCUT2D eigenvalue weighted by Crippen LogP contribution is 2.23. The zero-order chi connectivity index (χ0) is 28.6. The van der Waals surface area contributed by atoms with Crippen molar-refractivity contribution < 1.29 is 18.8 Å². The van der Waals surface area contributed by atoms with Gasteiger partial charge in [0.25, 0.3) is 5.91 Å². The Labute approximate surface area is 236 Å². The molecule has 9 nitrogen and oxygen atoms in total. The van der Waals surface area contributed by atoms with Gasteiger partial charge in [0.05, 0.1) is 23.2 Å². The molecule has 0 spiro atoms. The van der Waals surface area contributed by atoms with E-state index in [4.69, 9.17) is 0 Å². The van der Waals surface area contributed by atoms with Crippen LogP contribution in [0.3, 0.4) is 0 Å². The molecule has 0 unspecified atom stereocenters. The fraction of sp³-hybridized carbons (Fsp3) is 0.194. The Bertz CT molecular complexity index is 1560. The molecule has 4 aromatic rings. The molecule has 0 saturated heterocycles. The zero-order valence-corrected chi connectivity index (χ0v) is 22.2. The van der Waals surface area contributed by atoms with Crippen LogP contribution in [0.1, 0.15) is 48.0 Å². The van der Waals surface area contributed by atoms with Crippen molar-refractivity contribution in [1.29, 1.82) is 0 Å². The third-order valence-electron chi connectivity index (χ3n) is 6.82. The maximum Gasteiger partial charge on any atom is 0.329 e. The quantitative estimate of drug-likeness (QED) is 0.173. The van der Waals surface area contributed by atoms with Crippen LogP contribution in [-0.2, 0) is 9.59 Å². The molecule has 208 valence electrons. The molecule has 0 radical (unpaired) electrons. The molecule has 0 aliphatic heterocycles. The number of aromatic nitrogens is 2. The SMILES string of the molecule is O=C(NN=Cc1cn(-c2ccccc2)nc1-c1ccc(F)cc1)C(=O)Nc1ccccc1C(=O)NC1CCCCC1. The van der Waals surface area contributed by atoms with E-state index in [2.05, 4.69) is 26.3 Å². The van der Waals surface area contributed by atoms with Gasteiger partial charge in [-0.2, -0.15) is 10.2 Å². The molecule has 1 saturated carbocycles. The van der Waals surface area contributed by atoms with E-state index in [1.807, 2.05) is 30.3 Å². The molecule has 1 heterocycles. The molecule has 41 heavy (non-hydrogen) atoms. The summed E-state index contributed by atoms with van der Waals surface area (Å²) >= 11 is 0. The maximum atomic E-state index is 13.5. The van der Waals surface area contributed by atoms with Gasteiger partial charge in [-0.15, -0.1) is 0 Å². The van der Waals surface area contributed by atoms with E-state index >= 15 is 0 Å². The lowest BCUT2D eigenvalue weighted by Crippen LogP contribution is -2.37. The number of nitrogens with zero attached hydrogens (tertiary/aromatic N) is 3. The van der Waals surface area contributed by atoms with E-state index in [0.29, 0.717) is 16.8 Å². The number of amides is 3. The van der Waals surface area contributed by atoms with Crippen molar-refractivity contribution in [3.05, 3.63) is 102 Å². The first-order chi connectivity index (χ1) is 20.0. The van der Waals surface area contributed by atoms with Gasteiger partial charge in [-0.1, -0.05) is 49.6 Å². The van der Waals surface area contributed by atoms with E-state index in [1.165, 1.54) is 24.8 Å². The number of anilines is 1. The van der Waals surface area contributed by atoms with Crippen LogP contribution < -0.4 is 16.1 Å². The number of para-hydroxylation sites is 2. The van der Waals surface area contributed by atoms with Crippen LogP contribution in [0.4, 0.5) is 10.1 Å². The molecule has 1 aliphatic carbocycles. The Kier molecular flexibility index (Phi) is 8.58. The largest absolute Gasteiger partial charge is 0.349 e. The van der Waals surface area contributed by atoms with Crippen molar-refractivity contribution in [3.8, 4) is 16.9 Å². The monoisotopic (exact) mass is 552 g/mol. The van der Waals surface area contributed by atoms with Crippen LogP contribution in [0.15, 0.2) is 90.2 Å². The van der Waals surface area contributed by atoms with Crippen LogP contribution >= 0.6 is 0 Å². The van der Waals surface area contributed by atoms with Crippen molar-refractivity contribution in [2.75, 3.05) is 5.32 Å². The van der Waals surface area contributed by atoms with Crippen molar-refractivity contribution in [2.24, 2.45) is 5.10 Å². The van der Waals surface area contributed by atoms with Gasteiger partial charge in [0, 0.05) is 23.4 Å². The molecule has 3 N–H and O–H groups in total. The van der Waals surface area contributed by atoms with Gasteiger partial charge >= 0.3 is 11.8 Å². The summed E-state index contributed by atoms with van der Waals surface area (Å²) in [5.74, 6) is -2.66. The average molecular weight is 553 g/mol. The Morgan fingerprint density at radius 2 is 1.59 bits per heavy atom. The third kappa shape index (κ3) is 6.91. The second-order valence-corrected chi connectivity index (χ2v) is 9.73. The highest BCUT2D eigenvalue weighted by molar-refractivity contribution is 6.40. The molecule has 5 rings (SSSR count). The van der Waals surface area contributed by atoms with Gasteiger partial charge in [-0.3, -0.25) is 14.4 Å². The second-order valence-electron chi connectivity index (χ2n) is 9.73. The number of hydrazone groups is 1. The number of carbonyl (C=O) groups excluding carboxylic acids is 3. The first kappa shape index (κ1) is 27.4. The summed E-state index contributed by atoms with van der Waals surface area (Å²) < 4.78 is 15.2. The molecular weight excluding hydrogens is 523 g/mol. The summed E-state index contributed by atoms with van der Waals surface area (Å²) in [5, 5.41) is 14.1. The van der Waals surface area contributed by atoms with E-state index < -0.39 is 11.8 Å². The minimum absolute atomic E-state index is 0.101. The number of nitrogens with one attached hydrogen (secondary N) is 3. The lowest BCUT2D eigenvalue weighted by molar-refractivity contribution is -0.136. The van der Waals surface area contributed by atoms with E-state index in [0.717, 1.165) is 31.4 Å². The number of hydrogen-bond donors (Lipinski definition) is 3. The first-order valence-corrected chi connectivity index (χ1v) is 13.4. The summed E-state index contributed by atoms with van der Waals surface area (Å²) in [6.45, 7) is 0. The summed E-state index contributed by atoms with van der Waals surface area (Å²) in [6.07, 6.45) is 8.23. The average Bonchev–Trinajstić information content (AvgIpc) is 3.43. The minimum atomic E-state index is -1.01. The van der Waals surface area contributed by atoms with Gasteiger partial charge in [0.15, 0.2) is 0 Å². The van der Waals surface area contributed by atoms with E-state index in [1.54, 1.807) is 47.3 Å². The van der Waals surface area contributed by atoms with Crippen LogP contribution in [-0.4, -0.2) is 39.8 Å². The second kappa shape index (κ2) is 12.8. The highest BCUT2D eigenvalue weighted by atomic mass is 19.1. The predicted molar refractivity (Wildman–Crippen MR) is 154 cm³/mol. The topological polar surface area (TPSA) is 117 Å². The molecule has 1 aromatic heterocycles. The Hall–Kier alpha value is -5.12. The molecule has 0 bridgehead atoms. The fourth-order valence-electron chi connectivity index (χ4n) is 4.72. The lowest BCUT2D eigenvalue weighted by Gasteiger charge is -2.23. The minimum Gasteiger partial charge on any atom is -0.349 e. The Balaban J connectivity index is 1.27. The van der Waals surface area contributed by atoms with Gasteiger partial charge < -0.3 is 10.6 Å². The number of halogens is 1. The van der Waals surface area contributed by atoms with Crippen LogP contribution in [0.2, 0.25) is 0 Å². The fourth-order valence-corrected chi connectivity index (χ4v) is 4.72. The van der Waals surface area contributed by atoms with E-state index in [-0.39, 0.29) is 29.0 Å². The third-order valence-corrected chi connectivity index (χ3v) is 6.82. The van der Waals surface area contributed by atoms with Crippen molar-refractivity contribution in [2.45, 2.75) is 38.1 Å². The van der Waals surface area contributed by atoms with Gasteiger partial charge in [-0.25, -0.2) is 14.5 Å². The van der Waals surface area contributed by atoms with Crippen molar-refractivity contribution >= 4 is 29.6 Å². The number of benzene rings is 3. The van der Waals surface area contributed by atoms with Crippen molar-refractivity contribution in [3.63, 3.8) is 0 Å². The number of rotatable bonds is 7. The summed E-state index contributed by atoms with van der Waals surface area (Å²) in [7, 11) is 0. The number of carbonyl (C=O) groups is 3. The van der Waals surface area contributed by atoms with Crippen LogP contribution in [0.5, 0.6) is 0 Å². The Morgan fingerprint density at radius 1 is 0.878 bits per heavy atom. The molecule has 1 fully saturated rings. The molecule has 0 atom stereocenters. The molecule has 10 heteroatoms. The van der Waals surface area contributed by atoms with Crippen LogP contribution in [0.25, 0.3) is 16.9 Å².